The molecule has 3 nitrogen and oxygen atoms in total. The van der Waals surface area contributed by atoms with Crippen LogP contribution in [0.2, 0.25) is 0 Å². The van der Waals surface area contributed by atoms with E-state index in [1.54, 1.807) is 0 Å². The Morgan fingerprint density at radius 1 is 0.931 bits per heavy atom. The summed E-state index contributed by atoms with van der Waals surface area (Å²) in [5, 5.41) is 0. The summed E-state index contributed by atoms with van der Waals surface area (Å²) in [6.45, 7) is 7.01. The average molecular weight is 401 g/mol. The van der Waals surface area contributed by atoms with E-state index in [-0.39, 0.29) is 17.2 Å². The van der Waals surface area contributed by atoms with Crippen molar-refractivity contribution in [3.63, 3.8) is 0 Å². The molecule has 0 heterocycles. The minimum atomic E-state index is -0.506. The summed E-state index contributed by atoms with van der Waals surface area (Å²) in [4.78, 5) is 25.9. The molecule has 5 rings (SSSR count). The van der Waals surface area contributed by atoms with E-state index < -0.39 is 5.92 Å². The second kappa shape index (κ2) is 7.09. The zero-order valence-electron chi connectivity index (χ0n) is 18.8. The Bertz CT molecular complexity index is 681. The number of carbonyl (C=O) groups is 2. The van der Waals surface area contributed by atoms with Crippen molar-refractivity contribution in [1.29, 1.82) is 0 Å². The Morgan fingerprint density at radius 2 is 1.72 bits per heavy atom. The molecule has 162 valence electrons. The predicted molar refractivity (Wildman–Crippen MR) is 113 cm³/mol. The molecule has 0 aromatic heterocycles. The number of rotatable bonds is 3. The Morgan fingerprint density at radius 3 is 2.45 bits per heavy atom. The standard InChI is InChI=1S/C26H40O3/c1-4-29-24(28)20-9-10-21-19-8-7-18-15-17(16-5-6-16)11-13-25(18,2)22(19)12-14-26(21,3)23(20)27/h16-22H,4-15H2,1-3H3/t17-,18?,19-,20?,21?,22?,25-,26-/m0/s1. The molecular formula is C26H40O3. The van der Waals surface area contributed by atoms with Crippen molar-refractivity contribution in [2.75, 3.05) is 6.61 Å². The molecule has 4 unspecified atom stereocenters. The summed E-state index contributed by atoms with van der Waals surface area (Å²) >= 11 is 0. The third-order valence-corrected chi connectivity index (χ3v) is 10.6. The lowest BCUT2D eigenvalue weighted by atomic mass is 9.42. The third-order valence-electron chi connectivity index (χ3n) is 10.6. The first-order chi connectivity index (χ1) is 13.9. The number of Topliss-reactive ketones (excluding diaryl/α,β-unsaturated/α-hetero) is 1. The number of fused-ring (bicyclic) bond motifs is 5. The van der Waals surface area contributed by atoms with Crippen LogP contribution in [0, 0.1) is 52.3 Å². The summed E-state index contributed by atoms with van der Waals surface area (Å²) in [6.07, 6.45) is 14.0. The monoisotopic (exact) mass is 400 g/mol. The average Bonchev–Trinajstić information content (AvgIpc) is 3.53. The molecule has 0 bridgehead atoms. The van der Waals surface area contributed by atoms with E-state index in [9.17, 15) is 9.59 Å². The Labute approximate surface area is 176 Å². The van der Waals surface area contributed by atoms with E-state index in [4.69, 9.17) is 4.74 Å². The van der Waals surface area contributed by atoms with Crippen molar-refractivity contribution >= 4 is 11.8 Å². The Hall–Kier alpha value is -0.860. The highest BCUT2D eigenvalue weighted by Gasteiger charge is 2.61. The highest BCUT2D eigenvalue weighted by Crippen LogP contribution is 2.66. The molecule has 5 aliphatic rings. The van der Waals surface area contributed by atoms with Gasteiger partial charge in [-0.1, -0.05) is 13.8 Å². The van der Waals surface area contributed by atoms with Crippen molar-refractivity contribution in [1.82, 2.24) is 0 Å². The molecular weight excluding hydrogens is 360 g/mol. The van der Waals surface area contributed by atoms with Crippen molar-refractivity contribution in [3.8, 4) is 0 Å². The van der Waals surface area contributed by atoms with Gasteiger partial charge in [0.2, 0.25) is 0 Å². The normalized spacial score (nSPS) is 49.6. The fourth-order valence-corrected chi connectivity index (χ4v) is 8.79. The first-order valence-electron chi connectivity index (χ1n) is 12.6. The summed E-state index contributed by atoms with van der Waals surface area (Å²) in [6, 6.07) is 0. The van der Waals surface area contributed by atoms with Crippen LogP contribution in [-0.2, 0) is 14.3 Å². The first kappa shape index (κ1) is 20.1. The summed E-state index contributed by atoms with van der Waals surface area (Å²) < 4.78 is 5.24. The van der Waals surface area contributed by atoms with Crippen molar-refractivity contribution in [2.24, 2.45) is 52.3 Å². The van der Waals surface area contributed by atoms with Gasteiger partial charge in [-0.25, -0.2) is 0 Å². The maximum absolute atomic E-state index is 13.5. The molecule has 0 saturated heterocycles. The van der Waals surface area contributed by atoms with E-state index in [1.807, 2.05) is 6.92 Å². The lowest BCUT2D eigenvalue weighted by molar-refractivity contribution is -0.171. The van der Waals surface area contributed by atoms with Gasteiger partial charge < -0.3 is 4.74 Å². The number of ketones is 1. The predicted octanol–water partition coefficient (Wildman–Crippen LogP) is 5.80. The van der Waals surface area contributed by atoms with Crippen LogP contribution >= 0.6 is 0 Å². The number of esters is 1. The van der Waals surface area contributed by atoms with Gasteiger partial charge in [-0.3, -0.25) is 9.59 Å². The van der Waals surface area contributed by atoms with Gasteiger partial charge in [-0.05, 0) is 118 Å². The molecule has 0 amide bonds. The van der Waals surface area contributed by atoms with E-state index >= 15 is 0 Å². The molecule has 0 N–H and O–H groups in total. The topological polar surface area (TPSA) is 43.4 Å². The molecule has 3 heteroatoms. The number of hydrogen-bond donors (Lipinski definition) is 0. The van der Waals surface area contributed by atoms with Crippen molar-refractivity contribution < 1.29 is 14.3 Å². The highest BCUT2D eigenvalue weighted by atomic mass is 16.5. The van der Waals surface area contributed by atoms with Crippen LogP contribution in [-0.4, -0.2) is 18.4 Å². The smallest absolute Gasteiger partial charge is 0.316 e. The molecule has 0 spiro atoms. The fourth-order valence-electron chi connectivity index (χ4n) is 8.79. The highest BCUT2D eigenvalue weighted by molar-refractivity contribution is 6.02. The third kappa shape index (κ3) is 3.04. The Kier molecular flexibility index (Phi) is 4.91. The first-order valence-corrected chi connectivity index (χ1v) is 12.6. The molecule has 29 heavy (non-hydrogen) atoms. The zero-order chi connectivity index (χ0) is 20.4. The van der Waals surface area contributed by atoms with Gasteiger partial charge in [0.05, 0.1) is 6.61 Å². The molecule has 5 fully saturated rings. The van der Waals surface area contributed by atoms with Crippen LogP contribution in [0.25, 0.3) is 0 Å². The van der Waals surface area contributed by atoms with Gasteiger partial charge in [0.15, 0.2) is 5.78 Å². The molecule has 5 saturated carbocycles. The minimum absolute atomic E-state index is 0.204. The minimum Gasteiger partial charge on any atom is -0.465 e. The molecule has 0 aromatic rings. The lowest BCUT2D eigenvalue weighted by Crippen LogP contribution is -2.58. The SMILES string of the molecule is CCOC(=O)C1CCC2[C@@H]3CCC4C[C@@H](C5CC5)CC[C@]4(C)C3CC[C@]2(C)C1=O. The molecule has 0 aromatic carbocycles. The molecule has 0 aliphatic heterocycles. The van der Waals surface area contributed by atoms with E-state index in [0.717, 1.165) is 36.5 Å². The zero-order valence-corrected chi connectivity index (χ0v) is 18.8. The molecule has 0 radical (unpaired) electrons. The molecule has 8 atom stereocenters. The lowest BCUT2D eigenvalue weighted by Gasteiger charge is -2.62. The van der Waals surface area contributed by atoms with Gasteiger partial charge in [0.25, 0.3) is 0 Å². The largest absolute Gasteiger partial charge is 0.465 e. The van der Waals surface area contributed by atoms with Gasteiger partial charge in [0, 0.05) is 5.41 Å². The van der Waals surface area contributed by atoms with Crippen LogP contribution < -0.4 is 0 Å². The van der Waals surface area contributed by atoms with Crippen molar-refractivity contribution in [3.05, 3.63) is 0 Å². The molecule has 5 aliphatic carbocycles. The number of carbonyl (C=O) groups excluding carboxylic acids is 2. The van der Waals surface area contributed by atoms with Crippen LogP contribution in [0.4, 0.5) is 0 Å². The van der Waals surface area contributed by atoms with Gasteiger partial charge in [-0.2, -0.15) is 0 Å². The fraction of sp³-hybridized carbons (Fsp3) is 0.923. The van der Waals surface area contributed by atoms with E-state index in [0.29, 0.717) is 30.3 Å². The van der Waals surface area contributed by atoms with Gasteiger partial charge in [-0.15, -0.1) is 0 Å². The Balaban J connectivity index is 1.35. The summed E-state index contributed by atoms with van der Waals surface area (Å²) in [7, 11) is 0. The number of hydrogen-bond acceptors (Lipinski definition) is 3. The van der Waals surface area contributed by atoms with Crippen molar-refractivity contribution in [2.45, 2.75) is 91.4 Å². The maximum Gasteiger partial charge on any atom is 0.316 e. The van der Waals surface area contributed by atoms with Gasteiger partial charge in [0.1, 0.15) is 5.92 Å². The van der Waals surface area contributed by atoms with E-state index in [2.05, 4.69) is 13.8 Å². The van der Waals surface area contributed by atoms with Gasteiger partial charge >= 0.3 is 5.97 Å². The van der Waals surface area contributed by atoms with Crippen LogP contribution in [0.1, 0.15) is 91.4 Å². The van der Waals surface area contributed by atoms with E-state index in [1.165, 1.54) is 51.4 Å². The summed E-state index contributed by atoms with van der Waals surface area (Å²) in [5.74, 6) is 4.39. The quantitative estimate of drug-likeness (QED) is 0.444. The maximum atomic E-state index is 13.5. The van der Waals surface area contributed by atoms with Crippen LogP contribution in [0.15, 0.2) is 0 Å². The second-order valence-corrected chi connectivity index (χ2v) is 11.7. The summed E-state index contributed by atoms with van der Waals surface area (Å²) in [5.41, 5.74) is 0.196. The van der Waals surface area contributed by atoms with Crippen LogP contribution in [0.3, 0.4) is 0 Å². The second-order valence-electron chi connectivity index (χ2n) is 11.7. The number of ether oxygens (including phenoxy) is 1. The van der Waals surface area contributed by atoms with Crippen LogP contribution in [0.5, 0.6) is 0 Å².